The lowest BCUT2D eigenvalue weighted by atomic mass is 10.0. The van der Waals surface area contributed by atoms with E-state index in [9.17, 15) is 4.39 Å². The number of fused-ring (bicyclic) bond motifs is 1. The van der Waals surface area contributed by atoms with Crippen molar-refractivity contribution in [1.29, 1.82) is 5.26 Å². The van der Waals surface area contributed by atoms with Crippen LogP contribution in [0.25, 0.3) is 0 Å². The first-order valence-corrected chi connectivity index (χ1v) is 4.84. The third kappa shape index (κ3) is 1.26. The molecule has 0 N–H and O–H groups in total. The predicted octanol–water partition coefficient (Wildman–Crippen LogP) is 2.89. The number of hydrogen-bond donors (Lipinski definition) is 0. The second-order valence-electron chi connectivity index (χ2n) is 3.21. The van der Waals surface area contributed by atoms with Gasteiger partial charge in [0, 0.05) is 0 Å². The van der Waals surface area contributed by atoms with Gasteiger partial charge < -0.3 is 0 Å². The van der Waals surface area contributed by atoms with Gasteiger partial charge in [0.05, 0.1) is 6.07 Å². The number of nitrogens with zero attached hydrogens (tertiary/aromatic N) is 1. The normalized spacial score (nSPS) is 25.3. The van der Waals surface area contributed by atoms with Gasteiger partial charge in [-0.25, -0.2) is 4.39 Å². The molecule has 0 fully saturated rings. The number of rotatable bonds is 0. The van der Waals surface area contributed by atoms with Crippen molar-refractivity contribution in [2.24, 2.45) is 0 Å². The van der Waals surface area contributed by atoms with E-state index in [1.54, 1.807) is 6.07 Å². The summed E-state index contributed by atoms with van der Waals surface area (Å²) in [6.45, 7) is 0. The van der Waals surface area contributed by atoms with Gasteiger partial charge in [0.1, 0.15) is 10.1 Å². The summed E-state index contributed by atoms with van der Waals surface area (Å²) in [6, 6.07) is 6.81. The zero-order valence-corrected chi connectivity index (χ0v) is 8.44. The van der Waals surface area contributed by atoms with Gasteiger partial charge in [0.15, 0.2) is 0 Å². The number of aryl methyl sites for hydroxylation is 1. The zero-order chi connectivity index (χ0) is 9.47. The number of benzene rings is 1. The molecule has 0 aromatic heterocycles. The third-order valence-electron chi connectivity index (χ3n) is 2.41. The maximum Gasteiger partial charge on any atom is 0.137 e. The standard InChI is InChI=1S/C10H7BrFN/c11-10(6-13)4-3-7-5-8(12)1-2-9(7)10/h1-2,5H,3-4H2. The molecule has 1 aromatic rings. The van der Waals surface area contributed by atoms with Gasteiger partial charge in [0.25, 0.3) is 0 Å². The Labute approximate surface area is 84.3 Å². The van der Waals surface area contributed by atoms with E-state index in [0.29, 0.717) is 0 Å². The second kappa shape index (κ2) is 2.81. The van der Waals surface area contributed by atoms with Crippen LogP contribution < -0.4 is 0 Å². The summed E-state index contributed by atoms with van der Waals surface area (Å²) in [7, 11) is 0. The molecule has 0 radical (unpaired) electrons. The maximum absolute atomic E-state index is 12.8. The molecule has 1 unspecified atom stereocenters. The summed E-state index contributed by atoms with van der Waals surface area (Å²) in [5.74, 6) is -0.228. The van der Waals surface area contributed by atoms with Crippen molar-refractivity contribution in [3.05, 3.63) is 35.1 Å². The molecule has 1 aromatic carbocycles. The van der Waals surface area contributed by atoms with Crippen LogP contribution in [0.5, 0.6) is 0 Å². The Hall–Kier alpha value is -0.880. The molecular formula is C10H7BrFN. The summed E-state index contributed by atoms with van der Waals surface area (Å²) in [4.78, 5) is 0. The van der Waals surface area contributed by atoms with Crippen molar-refractivity contribution < 1.29 is 4.39 Å². The number of nitriles is 1. The first kappa shape index (κ1) is 8.71. The summed E-state index contributed by atoms with van der Waals surface area (Å²) in [5.41, 5.74) is 1.86. The Morgan fingerprint density at radius 1 is 1.54 bits per heavy atom. The Kier molecular flexibility index (Phi) is 1.88. The first-order chi connectivity index (χ1) is 6.15. The molecule has 1 aliphatic rings. The van der Waals surface area contributed by atoms with E-state index in [-0.39, 0.29) is 5.82 Å². The molecule has 1 nitrogen and oxygen atoms in total. The van der Waals surface area contributed by atoms with Gasteiger partial charge in [-0.15, -0.1) is 0 Å². The fourth-order valence-corrected chi connectivity index (χ4v) is 2.30. The van der Waals surface area contributed by atoms with Gasteiger partial charge in [-0.3, -0.25) is 0 Å². The van der Waals surface area contributed by atoms with E-state index in [1.807, 2.05) is 0 Å². The van der Waals surface area contributed by atoms with Gasteiger partial charge >= 0.3 is 0 Å². The molecule has 0 saturated heterocycles. The smallest absolute Gasteiger partial charge is 0.137 e. The van der Waals surface area contributed by atoms with Crippen LogP contribution in [-0.2, 0) is 10.7 Å². The van der Waals surface area contributed by atoms with Crippen molar-refractivity contribution in [2.45, 2.75) is 17.2 Å². The maximum atomic E-state index is 12.8. The van der Waals surface area contributed by atoms with Crippen molar-refractivity contribution in [2.75, 3.05) is 0 Å². The van der Waals surface area contributed by atoms with E-state index in [1.165, 1.54) is 12.1 Å². The molecular weight excluding hydrogens is 233 g/mol. The number of halogens is 2. The van der Waals surface area contributed by atoms with Crippen LogP contribution in [0.1, 0.15) is 17.5 Å². The molecule has 0 aliphatic heterocycles. The number of hydrogen-bond acceptors (Lipinski definition) is 1. The molecule has 0 bridgehead atoms. The molecule has 1 atom stereocenters. The lowest BCUT2D eigenvalue weighted by molar-refractivity contribution is 0.626. The minimum absolute atomic E-state index is 0.228. The van der Waals surface area contributed by atoms with Crippen molar-refractivity contribution in [3.8, 4) is 6.07 Å². The minimum atomic E-state index is -0.587. The molecule has 1 aliphatic carbocycles. The van der Waals surface area contributed by atoms with Crippen LogP contribution >= 0.6 is 15.9 Å². The Morgan fingerprint density at radius 2 is 2.31 bits per heavy atom. The van der Waals surface area contributed by atoms with E-state index >= 15 is 0 Å². The average Bonchev–Trinajstić information content (AvgIpc) is 2.45. The van der Waals surface area contributed by atoms with Gasteiger partial charge in [-0.05, 0) is 36.1 Å². The van der Waals surface area contributed by atoms with Gasteiger partial charge in [0.2, 0.25) is 0 Å². The Balaban J connectivity index is 2.57. The van der Waals surface area contributed by atoms with Crippen LogP contribution in [-0.4, -0.2) is 0 Å². The molecule has 66 valence electrons. The first-order valence-electron chi connectivity index (χ1n) is 4.05. The predicted molar refractivity (Wildman–Crippen MR) is 50.9 cm³/mol. The van der Waals surface area contributed by atoms with Gasteiger partial charge in [-0.1, -0.05) is 22.0 Å². The van der Waals surface area contributed by atoms with E-state index in [4.69, 9.17) is 5.26 Å². The van der Waals surface area contributed by atoms with Gasteiger partial charge in [-0.2, -0.15) is 5.26 Å². The Bertz CT molecular complexity index is 396. The SMILES string of the molecule is N#CC1(Br)CCc2cc(F)ccc21. The summed E-state index contributed by atoms with van der Waals surface area (Å²) < 4.78 is 12.2. The van der Waals surface area contributed by atoms with E-state index < -0.39 is 4.32 Å². The lowest BCUT2D eigenvalue weighted by Crippen LogP contribution is -2.09. The summed E-state index contributed by atoms with van der Waals surface area (Å²) in [5, 5.41) is 8.95. The molecule has 3 heteroatoms. The number of alkyl halides is 1. The third-order valence-corrected chi connectivity index (χ3v) is 3.41. The molecule has 13 heavy (non-hydrogen) atoms. The minimum Gasteiger partial charge on any atom is -0.207 e. The van der Waals surface area contributed by atoms with Crippen molar-refractivity contribution >= 4 is 15.9 Å². The van der Waals surface area contributed by atoms with Crippen LogP contribution in [0.2, 0.25) is 0 Å². The Morgan fingerprint density at radius 3 is 3.00 bits per heavy atom. The molecule has 0 saturated carbocycles. The monoisotopic (exact) mass is 239 g/mol. The van der Waals surface area contributed by atoms with E-state index in [2.05, 4.69) is 22.0 Å². The second-order valence-corrected chi connectivity index (χ2v) is 4.57. The largest absolute Gasteiger partial charge is 0.207 e. The van der Waals surface area contributed by atoms with Crippen molar-refractivity contribution in [3.63, 3.8) is 0 Å². The van der Waals surface area contributed by atoms with Crippen LogP contribution in [0.15, 0.2) is 18.2 Å². The van der Waals surface area contributed by atoms with E-state index in [0.717, 1.165) is 24.0 Å². The van der Waals surface area contributed by atoms with Crippen molar-refractivity contribution in [1.82, 2.24) is 0 Å². The molecule has 2 rings (SSSR count). The molecule has 0 amide bonds. The highest BCUT2D eigenvalue weighted by atomic mass is 79.9. The molecule has 0 spiro atoms. The highest BCUT2D eigenvalue weighted by Crippen LogP contribution is 2.43. The zero-order valence-electron chi connectivity index (χ0n) is 6.85. The summed E-state index contributed by atoms with van der Waals surface area (Å²) in [6.07, 6.45) is 1.49. The lowest BCUT2D eigenvalue weighted by Gasteiger charge is -2.12. The highest BCUT2D eigenvalue weighted by molar-refractivity contribution is 9.09. The topological polar surface area (TPSA) is 23.8 Å². The average molecular weight is 240 g/mol. The van der Waals surface area contributed by atoms with Crippen LogP contribution in [0.3, 0.4) is 0 Å². The summed E-state index contributed by atoms with van der Waals surface area (Å²) >= 11 is 3.38. The fourth-order valence-electron chi connectivity index (χ4n) is 1.71. The van der Waals surface area contributed by atoms with Crippen LogP contribution in [0, 0.1) is 17.1 Å². The van der Waals surface area contributed by atoms with Crippen LogP contribution in [0.4, 0.5) is 4.39 Å². The fraction of sp³-hybridized carbons (Fsp3) is 0.300. The quantitative estimate of drug-likeness (QED) is 0.639. The highest BCUT2D eigenvalue weighted by Gasteiger charge is 2.36. The molecule has 0 heterocycles.